The third-order valence-electron chi connectivity index (χ3n) is 11.5. The number of methoxy groups -OCH3 is 1. The Balaban J connectivity index is 1.43. The van der Waals surface area contributed by atoms with Crippen LogP contribution < -0.4 is 11.1 Å². The van der Waals surface area contributed by atoms with Crippen LogP contribution in [0.4, 0.5) is 0 Å². The standard InChI is InChI=1S/C44H60N4O7/c1-7-30-34(25-27(2)3)32(38-37(30)41(50)48(44(38)53)22-20-46-19-17-36(49)55-24-23-54-6)15-16-33-35(26-28(4)5)31(14-13-29-11-9-8-10-12-29)39-40(33)43(52)47(21-18-45)42(39)51/h7-12,15-16,25-28,30-33,37-40,46H,1,13-14,17-24,45H2,2-6H3/t30-,31+,32+,33-,37+,38-,39-,40+/m0/s1. The minimum absolute atomic E-state index is 0.130. The molecule has 2 heterocycles. The first-order valence-electron chi connectivity index (χ1n) is 20.0. The summed E-state index contributed by atoms with van der Waals surface area (Å²) in [5.74, 6) is -4.24. The molecule has 298 valence electrons. The van der Waals surface area contributed by atoms with Gasteiger partial charge in [0.25, 0.3) is 0 Å². The number of nitrogens with zero attached hydrogens (tertiary/aromatic N) is 2. The Morgan fingerprint density at radius 3 is 1.96 bits per heavy atom. The second-order valence-electron chi connectivity index (χ2n) is 15.9. The first kappa shape index (κ1) is 42.0. The predicted octanol–water partition coefficient (Wildman–Crippen LogP) is 4.35. The molecular weight excluding hydrogens is 697 g/mol. The minimum atomic E-state index is -0.620. The van der Waals surface area contributed by atoms with Crippen LogP contribution >= 0.6 is 0 Å². The lowest BCUT2D eigenvalue weighted by atomic mass is 9.84. The molecule has 4 fully saturated rings. The molecule has 0 unspecified atom stereocenters. The van der Waals surface area contributed by atoms with Gasteiger partial charge in [-0.1, -0.05) is 99.6 Å². The number of esters is 1. The third kappa shape index (κ3) is 9.11. The normalized spacial score (nSPS) is 29.2. The fourth-order valence-corrected chi connectivity index (χ4v) is 9.31. The van der Waals surface area contributed by atoms with Crippen molar-refractivity contribution in [1.29, 1.82) is 0 Å². The van der Waals surface area contributed by atoms with Crippen molar-refractivity contribution in [3.05, 3.63) is 84.0 Å². The summed E-state index contributed by atoms with van der Waals surface area (Å²) >= 11 is 0. The monoisotopic (exact) mass is 756 g/mol. The summed E-state index contributed by atoms with van der Waals surface area (Å²) in [4.78, 5) is 71.1. The molecule has 2 saturated heterocycles. The summed E-state index contributed by atoms with van der Waals surface area (Å²) in [7, 11) is 1.54. The summed E-state index contributed by atoms with van der Waals surface area (Å²) in [6.45, 7) is 14.3. The molecule has 4 aliphatic rings. The summed E-state index contributed by atoms with van der Waals surface area (Å²) in [5, 5.41) is 3.16. The number of aryl methyl sites for hydroxylation is 1. The van der Waals surface area contributed by atoms with Gasteiger partial charge in [0.15, 0.2) is 0 Å². The van der Waals surface area contributed by atoms with Crippen LogP contribution in [0.3, 0.4) is 0 Å². The van der Waals surface area contributed by atoms with Gasteiger partial charge in [-0.15, -0.1) is 6.58 Å². The summed E-state index contributed by atoms with van der Waals surface area (Å²) in [6.07, 6.45) is 11.9. The number of ether oxygens (including phenoxy) is 2. The molecule has 2 aliphatic heterocycles. The van der Waals surface area contributed by atoms with Crippen molar-refractivity contribution in [1.82, 2.24) is 15.1 Å². The highest BCUT2D eigenvalue weighted by molar-refractivity contribution is 6.07. The van der Waals surface area contributed by atoms with E-state index < -0.39 is 23.7 Å². The number of hydrogen-bond donors (Lipinski definition) is 2. The van der Waals surface area contributed by atoms with E-state index in [0.717, 1.165) is 24.0 Å². The molecule has 1 aromatic carbocycles. The lowest BCUT2D eigenvalue weighted by Crippen LogP contribution is -2.39. The van der Waals surface area contributed by atoms with Crippen molar-refractivity contribution >= 4 is 29.6 Å². The van der Waals surface area contributed by atoms with Crippen LogP contribution in [-0.4, -0.2) is 92.4 Å². The quantitative estimate of drug-likeness (QED) is 0.0911. The Kier molecular flexibility index (Phi) is 14.6. The van der Waals surface area contributed by atoms with E-state index in [1.165, 1.54) is 22.5 Å². The van der Waals surface area contributed by atoms with E-state index in [1.54, 1.807) is 6.08 Å². The number of likely N-dealkylation sites (tertiary alicyclic amines) is 2. The van der Waals surface area contributed by atoms with E-state index in [2.05, 4.69) is 76.0 Å². The van der Waals surface area contributed by atoms with Crippen LogP contribution in [0.5, 0.6) is 0 Å². The smallest absolute Gasteiger partial charge is 0.307 e. The van der Waals surface area contributed by atoms with E-state index in [9.17, 15) is 24.0 Å². The molecule has 0 spiro atoms. The lowest BCUT2D eigenvalue weighted by molar-refractivity contribution is -0.145. The summed E-state index contributed by atoms with van der Waals surface area (Å²) in [6, 6.07) is 10.2. The topological polar surface area (TPSA) is 148 Å². The highest BCUT2D eigenvalue weighted by atomic mass is 16.6. The van der Waals surface area contributed by atoms with E-state index in [4.69, 9.17) is 15.2 Å². The highest BCUT2D eigenvalue weighted by Crippen LogP contribution is 2.55. The number of imide groups is 2. The minimum Gasteiger partial charge on any atom is -0.463 e. The average molecular weight is 757 g/mol. The van der Waals surface area contributed by atoms with Crippen molar-refractivity contribution in [2.45, 2.75) is 47.0 Å². The van der Waals surface area contributed by atoms with Gasteiger partial charge in [-0.25, -0.2) is 0 Å². The molecule has 0 radical (unpaired) electrons. The number of carbonyl (C=O) groups is 5. The van der Waals surface area contributed by atoms with Crippen LogP contribution in [0.2, 0.25) is 0 Å². The average Bonchev–Trinajstić information content (AvgIpc) is 3.78. The molecule has 1 aromatic rings. The predicted molar refractivity (Wildman–Crippen MR) is 211 cm³/mol. The molecule has 5 rings (SSSR count). The van der Waals surface area contributed by atoms with Crippen molar-refractivity contribution in [3.8, 4) is 0 Å². The van der Waals surface area contributed by atoms with E-state index in [-0.39, 0.29) is 97.8 Å². The number of nitrogens with two attached hydrogens (primary N) is 1. The molecule has 2 aliphatic carbocycles. The van der Waals surface area contributed by atoms with Crippen molar-refractivity contribution < 1.29 is 33.4 Å². The Hall–Kier alpha value is -4.19. The molecule has 11 heteroatoms. The zero-order valence-electron chi connectivity index (χ0n) is 33.2. The molecule has 8 atom stereocenters. The SMILES string of the molecule is C=C[C@H]1C(=CC(C)C)[C@@H](C=C[C@H]2C(=CC(C)C)[C@@H](CCc3ccccc3)[C@@H]3C(=O)N(CCN)C(=O)[C@@H]32)[C@@H]2C(=O)N(CCNCCC(=O)OCCOC)C(=O)[C@@H]21. The Labute approximate surface area is 326 Å². The van der Waals surface area contributed by atoms with Gasteiger partial charge in [0.2, 0.25) is 23.6 Å². The number of rotatable bonds is 19. The van der Waals surface area contributed by atoms with Crippen LogP contribution in [-0.2, 0) is 39.9 Å². The molecule has 55 heavy (non-hydrogen) atoms. The van der Waals surface area contributed by atoms with Gasteiger partial charge in [0, 0.05) is 57.6 Å². The van der Waals surface area contributed by atoms with Gasteiger partial charge < -0.3 is 20.5 Å². The fourth-order valence-electron chi connectivity index (χ4n) is 9.31. The number of fused-ring (bicyclic) bond motifs is 2. The maximum atomic E-state index is 14.3. The third-order valence-corrected chi connectivity index (χ3v) is 11.5. The Bertz CT molecular complexity index is 1670. The molecule has 2 saturated carbocycles. The second kappa shape index (κ2) is 19.1. The number of nitrogens with one attached hydrogen (secondary N) is 1. The number of hydrogen-bond acceptors (Lipinski definition) is 9. The van der Waals surface area contributed by atoms with Crippen LogP contribution in [0.25, 0.3) is 0 Å². The van der Waals surface area contributed by atoms with Crippen molar-refractivity contribution in [2.75, 3.05) is 53.0 Å². The number of carbonyl (C=O) groups excluding carboxylic acids is 5. The molecular formula is C44H60N4O7. The van der Waals surface area contributed by atoms with Crippen LogP contribution in [0.1, 0.15) is 46.1 Å². The second-order valence-corrected chi connectivity index (χ2v) is 15.9. The largest absolute Gasteiger partial charge is 0.463 e. The Morgan fingerprint density at radius 1 is 0.800 bits per heavy atom. The molecule has 4 amide bonds. The van der Waals surface area contributed by atoms with Crippen LogP contribution in [0, 0.1) is 59.2 Å². The van der Waals surface area contributed by atoms with Crippen molar-refractivity contribution in [3.63, 3.8) is 0 Å². The van der Waals surface area contributed by atoms with Gasteiger partial charge in [-0.2, -0.15) is 0 Å². The zero-order chi connectivity index (χ0) is 39.8. The molecule has 11 nitrogen and oxygen atoms in total. The summed E-state index contributed by atoms with van der Waals surface area (Å²) < 4.78 is 10.0. The van der Waals surface area contributed by atoms with Crippen LogP contribution in [0.15, 0.2) is 78.4 Å². The first-order chi connectivity index (χ1) is 26.4. The van der Waals surface area contributed by atoms with E-state index in [1.807, 2.05) is 18.2 Å². The lowest BCUT2D eigenvalue weighted by Gasteiger charge is -2.24. The molecule has 0 aromatic heterocycles. The van der Waals surface area contributed by atoms with E-state index >= 15 is 0 Å². The van der Waals surface area contributed by atoms with Gasteiger partial charge >= 0.3 is 5.97 Å². The zero-order valence-corrected chi connectivity index (χ0v) is 33.2. The van der Waals surface area contributed by atoms with Gasteiger partial charge in [0.1, 0.15) is 6.61 Å². The van der Waals surface area contributed by atoms with Gasteiger partial charge in [0.05, 0.1) is 36.7 Å². The van der Waals surface area contributed by atoms with Crippen molar-refractivity contribution in [2.24, 2.45) is 64.9 Å². The maximum absolute atomic E-state index is 14.3. The van der Waals surface area contributed by atoms with Gasteiger partial charge in [-0.05, 0) is 36.2 Å². The number of amides is 4. The fraction of sp³-hybridized carbons (Fsp3) is 0.568. The number of allylic oxidation sites excluding steroid dienone is 7. The van der Waals surface area contributed by atoms with Gasteiger partial charge in [-0.3, -0.25) is 33.8 Å². The molecule has 3 N–H and O–H groups in total. The maximum Gasteiger partial charge on any atom is 0.307 e. The summed E-state index contributed by atoms with van der Waals surface area (Å²) in [5.41, 5.74) is 9.16. The van der Waals surface area contributed by atoms with E-state index in [0.29, 0.717) is 19.7 Å². The first-order valence-corrected chi connectivity index (χ1v) is 20.0. The highest BCUT2D eigenvalue weighted by Gasteiger charge is 2.61. The Morgan fingerprint density at radius 2 is 1.36 bits per heavy atom. The number of benzene rings is 1. The molecule has 0 bridgehead atoms.